The summed E-state index contributed by atoms with van der Waals surface area (Å²) in [5.74, 6) is 0. The molecule has 58 valence electrons. The lowest BCUT2D eigenvalue weighted by Gasteiger charge is -2.12. The van der Waals surface area contributed by atoms with Crippen molar-refractivity contribution >= 4 is 31.9 Å². The molecule has 2 atom stereocenters. The van der Waals surface area contributed by atoms with Crippen LogP contribution in [0.3, 0.4) is 0 Å². The molecule has 0 nitrogen and oxygen atoms in total. The Morgan fingerprint density at radius 1 is 1.40 bits per heavy atom. The van der Waals surface area contributed by atoms with E-state index >= 15 is 0 Å². The van der Waals surface area contributed by atoms with E-state index in [4.69, 9.17) is 0 Å². The Kier molecular flexibility index (Phi) is 1.49. The minimum absolute atomic E-state index is 0.0347. The van der Waals surface area contributed by atoms with Gasteiger partial charge in [0.05, 0.1) is 3.23 Å². The van der Waals surface area contributed by atoms with Gasteiger partial charge in [0.25, 0.3) is 0 Å². The van der Waals surface area contributed by atoms with Crippen LogP contribution in [0.1, 0.15) is 25.7 Å². The summed E-state index contributed by atoms with van der Waals surface area (Å²) in [6.07, 6.45) is 3.25. The zero-order valence-corrected chi connectivity index (χ0v) is 8.71. The molecule has 0 amide bonds. The topological polar surface area (TPSA) is 0 Å². The Morgan fingerprint density at radius 2 is 2.00 bits per heavy atom. The molecule has 2 saturated carbocycles. The predicted molar refractivity (Wildman–Crippen MR) is 46.4 cm³/mol. The fourth-order valence-electron chi connectivity index (χ4n) is 1.99. The molecule has 1 spiro atoms. The molecule has 0 aromatic carbocycles. The first-order chi connectivity index (χ1) is 4.58. The Balaban J connectivity index is 2.19. The summed E-state index contributed by atoms with van der Waals surface area (Å²) in [6.45, 7) is 0. The Morgan fingerprint density at radius 3 is 2.20 bits per heavy atom. The zero-order valence-electron chi connectivity index (χ0n) is 5.54. The summed E-state index contributed by atoms with van der Waals surface area (Å²) >= 11 is 6.97. The second kappa shape index (κ2) is 1.98. The van der Waals surface area contributed by atoms with Crippen LogP contribution in [0, 0.1) is 5.41 Å². The summed E-state index contributed by atoms with van der Waals surface area (Å²) in [7, 11) is 0. The molecule has 2 fully saturated rings. The molecule has 2 unspecified atom stereocenters. The first-order valence-electron chi connectivity index (χ1n) is 3.60. The molecular formula is C7H9Br2F. The van der Waals surface area contributed by atoms with Crippen LogP contribution in [0.15, 0.2) is 0 Å². The maximum absolute atomic E-state index is 13.2. The van der Waals surface area contributed by atoms with Gasteiger partial charge in [-0.3, -0.25) is 0 Å². The third kappa shape index (κ3) is 0.765. The zero-order chi connectivity index (χ0) is 7.41. The van der Waals surface area contributed by atoms with Gasteiger partial charge in [0.2, 0.25) is 0 Å². The van der Waals surface area contributed by atoms with Crippen molar-refractivity contribution in [2.75, 3.05) is 0 Å². The first kappa shape index (κ1) is 7.53. The predicted octanol–water partition coefficient (Wildman–Crippen LogP) is 3.38. The lowest BCUT2D eigenvalue weighted by Crippen LogP contribution is -2.15. The van der Waals surface area contributed by atoms with Gasteiger partial charge in [-0.2, -0.15) is 0 Å². The van der Waals surface area contributed by atoms with Crippen molar-refractivity contribution in [3.63, 3.8) is 0 Å². The molecule has 0 aromatic rings. The molecule has 2 rings (SSSR count). The van der Waals surface area contributed by atoms with Crippen molar-refractivity contribution in [3.8, 4) is 0 Å². The van der Waals surface area contributed by atoms with E-state index in [0.717, 1.165) is 25.7 Å². The number of alkyl halides is 3. The third-order valence-corrected chi connectivity index (χ3v) is 4.96. The highest BCUT2D eigenvalue weighted by atomic mass is 79.9. The van der Waals surface area contributed by atoms with Crippen molar-refractivity contribution in [1.29, 1.82) is 0 Å². The van der Waals surface area contributed by atoms with Crippen LogP contribution in [0.5, 0.6) is 0 Å². The lowest BCUT2D eigenvalue weighted by molar-refractivity contribution is 0.245. The molecule has 0 heterocycles. The Hall–Kier alpha value is 0.890. The summed E-state index contributed by atoms with van der Waals surface area (Å²) in [5.41, 5.74) is -0.0347. The van der Waals surface area contributed by atoms with Crippen LogP contribution in [0.2, 0.25) is 0 Å². The van der Waals surface area contributed by atoms with E-state index in [-0.39, 0.29) is 8.65 Å². The third-order valence-electron chi connectivity index (χ3n) is 2.82. The van der Waals surface area contributed by atoms with Gasteiger partial charge in [0.1, 0.15) is 6.17 Å². The molecule has 3 heteroatoms. The lowest BCUT2D eigenvalue weighted by atomic mass is 10.1. The van der Waals surface area contributed by atoms with E-state index < -0.39 is 6.17 Å². The van der Waals surface area contributed by atoms with Crippen LogP contribution >= 0.6 is 31.9 Å². The average Bonchev–Trinajstić information content (AvgIpc) is 2.12. The van der Waals surface area contributed by atoms with Gasteiger partial charge in [-0.25, -0.2) is 4.39 Å². The van der Waals surface area contributed by atoms with Gasteiger partial charge < -0.3 is 0 Å². The van der Waals surface area contributed by atoms with Crippen LogP contribution in [-0.2, 0) is 0 Å². The monoisotopic (exact) mass is 270 g/mol. The van der Waals surface area contributed by atoms with Gasteiger partial charge in [0, 0.05) is 5.41 Å². The normalized spacial score (nSPS) is 50.1. The van der Waals surface area contributed by atoms with Crippen LogP contribution in [0.4, 0.5) is 4.39 Å². The average molecular weight is 272 g/mol. The van der Waals surface area contributed by atoms with Gasteiger partial charge in [-0.05, 0) is 25.7 Å². The van der Waals surface area contributed by atoms with Gasteiger partial charge >= 0.3 is 0 Å². The molecule has 0 saturated heterocycles. The van der Waals surface area contributed by atoms with E-state index in [0.29, 0.717) is 0 Å². The van der Waals surface area contributed by atoms with Crippen molar-refractivity contribution < 1.29 is 4.39 Å². The maximum Gasteiger partial charge on any atom is 0.108 e. The van der Waals surface area contributed by atoms with Crippen LogP contribution < -0.4 is 0 Å². The van der Waals surface area contributed by atoms with E-state index in [1.54, 1.807) is 0 Å². The minimum Gasteiger partial charge on any atom is -0.247 e. The van der Waals surface area contributed by atoms with E-state index in [1.165, 1.54) is 0 Å². The van der Waals surface area contributed by atoms with Crippen molar-refractivity contribution in [2.24, 2.45) is 5.41 Å². The summed E-state index contributed by atoms with van der Waals surface area (Å²) in [6, 6.07) is 0. The summed E-state index contributed by atoms with van der Waals surface area (Å²) in [4.78, 5) is 0. The smallest absolute Gasteiger partial charge is 0.108 e. The quantitative estimate of drug-likeness (QED) is 0.593. The molecule has 2 aliphatic rings. The molecule has 0 bridgehead atoms. The molecule has 0 N–H and O–H groups in total. The van der Waals surface area contributed by atoms with Crippen molar-refractivity contribution in [3.05, 3.63) is 0 Å². The second-order valence-electron chi connectivity index (χ2n) is 3.40. The Bertz CT molecular complexity index is 165. The number of hydrogen-bond acceptors (Lipinski definition) is 0. The second-order valence-corrected chi connectivity index (χ2v) is 7.17. The first-order valence-corrected chi connectivity index (χ1v) is 5.19. The molecule has 2 aliphatic carbocycles. The standard InChI is InChI=1S/C7H9Br2F/c8-7(9)4-6(7)3-1-2-5(6)10/h5H,1-4H2. The Labute approximate surface area is 76.8 Å². The van der Waals surface area contributed by atoms with Crippen molar-refractivity contribution in [2.45, 2.75) is 35.1 Å². The fourth-order valence-corrected chi connectivity index (χ4v) is 3.89. The number of rotatable bonds is 0. The molecule has 0 aromatic heterocycles. The van der Waals surface area contributed by atoms with E-state index in [1.807, 2.05) is 0 Å². The van der Waals surface area contributed by atoms with Crippen LogP contribution in [-0.4, -0.2) is 9.41 Å². The molecule has 10 heavy (non-hydrogen) atoms. The number of halogens is 3. The van der Waals surface area contributed by atoms with Gasteiger partial charge in [-0.15, -0.1) is 0 Å². The minimum atomic E-state index is -0.578. The van der Waals surface area contributed by atoms with Crippen molar-refractivity contribution in [1.82, 2.24) is 0 Å². The maximum atomic E-state index is 13.2. The highest BCUT2D eigenvalue weighted by molar-refractivity contribution is 9.25. The fraction of sp³-hybridized carbons (Fsp3) is 1.00. The molecule has 0 aliphatic heterocycles. The number of hydrogen-bond donors (Lipinski definition) is 0. The van der Waals surface area contributed by atoms with E-state index in [2.05, 4.69) is 31.9 Å². The molecular weight excluding hydrogens is 263 g/mol. The van der Waals surface area contributed by atoms with E-state index in [9.17, 15) is 4.39 Å². The van der Waals surface area contributed by atoms with Gasteiger partial charge in [-0.1, -0.05) is 31.9 Å². The van der Waals surface area contributed by atoms with Gasteiger partial charge in [0.15, 0.2) is 0 Å². The largest absolute Gasteiger partial charge is 0.247 e. The summed E-state index contributed by atoms with van der Waals surface area (Å²) < 4.78 is 13.1. The van der Waals surface area contributed by atoms with Crippen LogP contribution in [0.25, 0.3) is 0 Å². The highest BCUT2D eigenvalue weighted by Crippen LogP contribution is 2.73. The SMILES string of the molecule is FC1CCCC12CC2(Br)Br. The summed E-state index contributed by atoms with van der Waals surface area (Å²) in [5, 5.41) is 0. The molecule has 0 radical (unpaired) electrons. The highest BCUT2D eigenvalue weighted by Gasteiger charge is 2.70.